The minimum absolute atomic E-state index is 0.0956. The summed E-state index contributed by atoms with van der Waals surface area (Å²) in [6.07, 6.45) is 0. The lowest BCUT2D eigenvalue weighted by Gasteiger charge is -2.13. The normalized spacial score (nSPS) is 10.5. The van der Waals surface area contributed by atoms with Gasteiger partial charge in [-0.05, 0) is 13.1 Å². The van der Waals surface area contributed by atoms with Gasteiger partial charge in [-0.25, -0.2) is 5.11 Å². The lowest BCUT2D eigenvalue weighted by Crippen LogP contribution is -2.20. The van der Waals surface area contributed by atoms with E-state index in [1.807, 2.05) is 18.7 Å². The van der Waals surface area contributed by atoms with Crippen molar-refractivity contribution in [1.29, 1.82) is 0 Å². The van der Waals surface area contributed by atoms with Gasteiger partial charge in [-0.2, -0.15) is 0 Å². The van der Waals surface area contributed by atoms with Crippen LogP contribution in [0.5, 0.6) is 0 Å². The van der Waals surface area contributed by atoms with Gasteiger partial charge in [-0.1, -0.05) is 13.8 Å². The van der Waals surface area contributed by atoms with E-state index in [0.717, 1.165) is 13.1 Å². The van der Waals surface area contributed by atoms with Crippen LogP contribution >= 0.6 is 0 Å². The summed E-state index contributed by atoms with van der Waals surface area (Å²) in [5, 5.41) is 9.96. The number of nitrogens with zero attached hydrogens (tertiary/aromatic N) is 1. The summed E-state index contributed by atoms with van der Waals surface area (Å²) in [6.45, 7) is 7.55. The molecule has 0 atom stereocenters. The summed E-state index contributed by atoms with van der Waals surface area (Å²) in [5.41, 5.74) is 0. The highest BCUT2D eigenvalue weighted by molar-refractivity contribution is 4.62. The van der Waals surface area contributed by atoms with Crippen molar-refractivity contribution in [3.8, 4) is 0 Å². The molecule has 0 spiro atoms. The van der Waals surface area contributed by atoms with Crippen molar-refractivity contribution in [2.45, 2.75) is 13.8 Å². The zero-order chi connectivity index (χ0) is 6.41. The smallest absolute Gasteiger partial charge is 0.0993 e. The molecule has 0 saturated heterocycles. The summed E-state index contributed by atoms with van der Waals surface area (Å²) in [5.74, 6) is 0. The Kier molecular flexibility index (Phi) is 5.01. The molecule has 0 fully saturated rings. The van der Waals surface area contributed by atoms with E-state index in [0.29, 0.717) is 0 Å². The molecule has 0 aromatic heterocycles. The molecule has 0 aliphatic heterocycles. The highest BCUT2D eigenvalue weighted by Crippen LogP contribution is 1.88. The van der Waals surface area contributed by atoms with Crippen LogP contribution in [-0.2, 0) is 5.11 Å². The molecule has 0 aromatic rings. The van der Waals surface area contributed by atoms with Gasteiger partial charge in [-0.3, -0.25) is 4.90 Å². The Balaban J connectivity index is 3.07. The maximum Gasteiger partial charge on any atom is 0.0993 e. The predicted octanol–water partition coefficient (Wildman–Crippen LogP) is 0.920. The highest BCUT2D eigenvalue weighted by atomic mass is 16.3. The van der Waals surface area contributed by atoms with E-state index < -0.39 is 0 Å². The van der Waals surface area contributed by atoms with Crippen LogP contribution in [0.1, 0.15) is 13.8 Å². The fourth-order valence-electron chi connectivity index (χ4n) is 0.587. The quantitative estimate of drug-likeness (QED) is 0.534. The van der Waals surface area contributed by atoms with E-state index in [4.69, 9.17) is 0 Å². The van der Waals surface area contributed by atoms with E-state index >= 15 is 0 Å². The molecule has 0 heterocycles. The zero-order valence-corrected chi connectivity index (χ0v) is 5.55. The van der Waals surface area contributed by atoms with Gasteiger partial charge in [0.15, 0.2) is 0 Å². The Bertz CT molecular complexity index is 43.8. The van der Waals surface area contributed by atoms with Crippen molar-refractivity contribution < 1.29 is 5.11 Å². The SMILES string of the molecule is CCN([CH]C[O])CC. The lowest BCUT2D eigenvalue weighted by molar-refractivity contribution is 0.181. The topological polar surface area (TPSA) is 23.1 Å². The molecule has 0 N–H and O–H groups in total. The van der Waals surface area contributed by atoms with Gasteiger partial charge in [-0.15, -0.1) is 0 Å². The molecule has 0 aliphatic rings. The molecule has 2 nitrogen and oxygen atoms in total. The van der Waals surface area contributed by atoms with E-state index in [1.165, 1.54) is 0 Å². The average Bonchev–Trinajstić information content (AvgIpc) is 1.83. The van der Waals surface area contributed by atoms with Gasteiger partial charge >= 0.3 is 0 Å². The van der Waals surface area contributed by atoms with E-state index in [1.54, 1.807) is 6.54 Å². The van der Waals surface area contributed by atoms with Crippen molar-refractivity contribution in [2.24, 2.45) is 0 Å². The summed E-state index contributed by atoms with van der Waals surface area (Å²) in [6, 6.07) is 0. The standard InChI is InChI=1S/C6H13NO/c1-3-7(4-2)5-6-8/h5H,3-4,6H2,1-2H3. The first kappa shape index (κ1) is 7.92. The van der Waals surface area contributed by atoms with Crippen molar-refractivity contribution >= 4 is 0 Å². The number of rotatable bonds is 4. The second-order valence-corrected chi connectivity index (χ2v) is 1.57. The third-order valence-electron chi connectivity index (χ3n) is 1.15. The second kappa shape index (κ2) is 5.06. The fraction of sp³-hybridized carbons (Fsp3) is 0.833. The Morgan fingerprint density at radius 2 is 1.88 bits per heavy atom. The average molecular weight is 115 g/mol. The molecule has 0 bridgehead atoms. The summed E-state index contributed by atoms with van der Waals surface area (Å²) < 4.78 is 0. The molecule has 8 heavy (non-hydrogen) atoms. The van der Waals surface area contributed by atoms with Crippen LogP contribution in [0, 0.1) is 6.54 Å². The summed E-state index contributed by atoms with van der Waals surface area (Å²) in [7, 11) is 0. The minimum atomic E-state index is -0.0956. The first-order valence-electron chi connectivity index (χ1n) is 3.00. The first-order valence-corrected chi connectivity index (χ1v) is 3.00. The van der Waals surface area contributed by atoms with Crippen LogP contribution in [0.3, 0.4) is 0 Å². The van der Waals surface area contributed by atoms with Gasteiger partial charge in [0.25, 0.3) is 0 Å². The van der Waals surface area contributed by atoms with Crippen LogP contribution in [0.25, 0.3) is 0 Å². The first-order chi connectivity index (χ1) is 3.85. The molecule has 0 unspecified atom stereocenters. The molecule has 0 rings (SSSR count). The minimum Gasteiger partial charge on any atom is -0.297 e. The summed E-state index contributed by atoms with van der Waals surface area (Å²) in [4.78, 5) is 1.99. The third-order valence-corrected chi connectivity index (χ3v) is 1.15. The second-order valence-electron chi connectivity index (χ2n) is 1.57. The predicted molar refractivity (Wildman–Crippen MR) is 32.8 cm³/mol. The molecule has 2 radical (unpaired) electrons. The van der Waals surface area contributed by atoms with Crippen LogP contribution < -0.4 is 0 Å². The van der Waals surface area contributed by atoms with Gasteiger partial charge in [0.1, 0.15) is 0 Å². The van der Waals surface area contributed by atoms with Crippen molar-refractivity contribution in [3.63, 3.8) is 0 Å². The van der Waals surface area contributed by atoms with E-state index in [2.05, 4.69) is 0 Å². The third kappa shape index (κ3) is 2.99. The van der Waals surface area contributed by atoms with Gasteiger partial charge < -0.3 is 0 Å². The molecular formula is C6H13NO. The molecular weight excluding hydrogens is 102 g/mol. The Morgan fingerprint density at radius 1 is 1.38 bits per heavy atom. The summed E-state index contributed by atoms with van der Waals surface area (Å²) >= 11 is 0. The number of hydrogen-bond donors (Lipinski definition) is 0. The Morgan fingerprint density at radius 3 is 2.00 bits per heavy atom. The Hall–Kier alpha value is -0.0800. The van der Waals surface area contributed by atoms with Crippen molar-refractivity contribution in [3.05, 3.63) is 6.54 Å². The van der Waals surface area contributed by atoms with Crippen LogP contribution in [-0.4, -0.2) is 24.6 Å². The van der Waals surface area contributed by atoms with Gasteiger partial charge in [0, 0.05) is 0 Å². The van der Waals surface area contributed by atoms with E-state index in [9.17, 15) is 5.11 Å². The largest absolute Gasteiger partial charge is 0.297 e. The van der Waals surface area contributed by atoms with Crippen molar-refractivity contribution in [2.75, 3.05) is 19.7 Å². The molecule has 0 aromatic carbocycles. The molecule has 0 saturated carbocycles. The number of likely N-dealkylation sites (N-methyl/N-ethyl adjacent to an activating group) is 1. The van der Waals surface area contributed by atoms with Crippen molar-refractivity contribution in [1.82, 2.24) is 4.90 Å². The molecule has 2 heteroatoms. The van der Waals surface area contributed by atoms with Gasteiger partial charge in [0.05, 0.1) is 13.2 Å². The number of hydrogen-bond acceptors (Lipinski definition) is 1. The monoisotopic (exact) mass is 115 g/mol. The Labute approximate surface area is 51.1 Å². The zero-order valence-electron chi connectivity index (χ0n) is 5.55. The maximum absolute atomic E-state index is 9.96. The van der Waals surface area contributed by atoms with E-state index in [-0.39, 0.29) is 6.61 Å². The van der Waals surface area contributed by atoms with Crippen LogP contribution in [0.2, 0.25) is 0 Å². The van der Waals surface area contributed by atoms with Crippen LogP contribution in [0.4, 0.5) is 0 Å². The lowest BCUT2D eigenvalue weighted by atomic mass is 10.5. The maximum atomic E-state index is 9.96. The highest BCUT2D eigenvalue weighted by Gasteiger charge is 1.95. The van der Waals surface area contributed by atoms with Gasteiger partial charge in [0.2, 0.25) is 0 Å². The van der Waals surface area contributed by atoms with Crippen LogP contribution in [0.15, 0.2) is 0 Å². The molecule has 0 aliphatic carbocycles. The molecule has 0 amide bonds. The fourth-order valence-corrected chi connectivity index (χ4v) is 0.587. The molecule has 48 valence electrons.